The van der Waals surface area contributed by atoms with Crippen LogP contribution in [-0.2, 0) is 0 Å². The molecule has 0 aromatic heterocycles. The molecule has 1 aliphatic rings. The van der Waals surface area contributed by atoms with Crippen molar-refractivity contribution in [1.82, 2.24) is 0 Å². The number of rotatable bonds is 1. The second-order valence-electron chi connectivity index (χ2n) is 4.27. The minimum absolute atomic E-state index is 0. The van der Waals surface area contributed by atoms with Gasteiger partial charge in [0.05, 0.1) is 5.56 Å². The summed E-state index contributed by atoms with van der Waals surface area (Å²) in [6.07, 6.45) is 0. The Balaban J connectivity index is 0.00000147. The summed E-state index contributed by atoms with van der Waals surface area (Å²) >= 11 is 0. The van der Waals surface area contributed by atoms with Crippen LogP contribution in [0.4, 0.5) is 0 Å². The zero-order valence-electron chi connectivity index (χ0n) is 10.7. The molecule has 1 aliphatic carbocycles. The van der Waals surface area contributed by atoms with Crippen molar-refractivity contribution in [2.45, 2.75) is 0 Å². The Morgan fingerprint density at radius 3 is 1.85 bits per heavy atom. The average Bonchev–Trinajstić information content (AvgIpc) is 2.44. The average molecular weight is 275 g/mol. The third kappa shape index (κ3) is 2.12. The van der Waals surface area contributed by atoms with Crippen LogP contribution in [-0.4, -0.2) is 52.2 Å². The number of carbonyl (C=O) groups excluding carboxylic acids is 2. The maximum atomic E-state index is 12.3. The molecule has 0 amide bonds. The van der Waals surface area contributed by atoms with E-state index < -0.39 is 5.97 Å². The molecule has 0 bridgehead atoms. The fourth-order valence-corrected chi connectivity index (χ4v) is 2.23. The van der Waals surface area contributed by atoms with Gasteiger partial charge in [-0.25, -0.2) is 4.79 Å². The molecule has 0 spiro atoms. The predicted octanol–water partition coefficient (Wildman–Crippen LogP) is 1.78. The van der Waals surface area contributed by atoms with Gasteiger partial charge in [-0.3, -0.25) is 9.59 Å². The molecule has 0 unspecified atom stereocenters. The first-order valence-corrected chi connectivity index (χ1v) is 5.65. The number of benzene rings is 2. The molecule has 0 atom stereocenters. The monoisotopic (exact) mass is 275 g/mol. The van der Waals surface area contributed by atoms with Gasteiger partial charge in [-0.05, 0) is 18.2 Å². The second kappa shape index (κ2) is 5.32. The number of ketones is 2. The van der Waals surface area contributed by atoms with Gasteiger partial charge in [0.1, 0.15) is 0 Å². The van der Waals surface area contributed by atoms with E-state index in [0.29, 0.717) is 11.1 Å². The Kier molecular flexibility index (Phi) is 3.90. The maximum absolute atomic E-state index is 12.3. The second-order valence-corrected chi connectivity index (χ2v) is 4.27. The molecule has 93 valence electrons. The number of hydrogen-bond donors (Lipinski definition) is 1. The van der Waals surface area contributed by atoms with Crippen LogP contribution < -0.4 is 0 Å². The molecule has 20 heavy (non-hydrogen) atoms. The van der Waals surface area contributed by atoms with Gasteiger partial charge in [-0.1, -0.05) is 24.3 Å². The van der Waals surface area contributed by atoms with E-state index in [4.69, 9.17) is 5.11 Å². The van der Waals surface area contributed by atoms with E-state index in [0.717, 1.165) is 0 Å². The minimum atomic E-state index is -1.12. The van der Waals surface area contributed by atoms with Crippen molar-refractivity contribution in [2.75, 3.05) is 0 Å². The summed E-state index contributed by atoms with van der Waals surface area (Å²) in [6, 6.07) is 10.5. The zero-order chi connectivity index (χ0) is 13.6. The van der Waals surface area contributed by atoms with Crippen molar-refractivity contribution < 1.29 is 19.5 Å². The van der Waals surface area contributed by atoms with Gasteiger partial charge in [0.2, 0.25) is 0 Å². The van der Waals surface area contributed by atoms with E-state index in [1.54, 1.807) is 24.3 Å². The summed E-state index contributed by atoms with van der Waals surface area (Å²) in [5.74, 6) is -1.68. The molecule has 1 N–H and O–H groups in total. The Hall–Kier alpha value is -1.75. The first-order valence-electron chi connectivity index (χ1n) is 5.65. The Bertz CT molecular complexity index is 749. The number of carboxylic acids is 1. The molecule has 0 saturated carbocycles. The van der Waals surface area contributed by atoms with E-state index in [2.05, 4.69) is 0 Å². The molecular weight excluding hydrogens is 267 g/mol. The van der Waals surface area contributed by atoms with Crippen LogP contribution in [0.15, 0.2) is 42.5 Å². The Morgan fingerprint density at radius 2 is 1.30 bits per heavy atom. The SMILES string of the molecule is O=C(O)c1ccc2c(c1)C(=O)c1ccccc1C2=O.[Na]. The molecule has 1 radical (unpaired) electrons. The van der Waals surface area contributed by atoms with E-state index in [9.17, 15) is 14.4 Å². The summed E-state index contributed by atoms with van der Waals surface area (Å²) in [5, 5.41) is 8.94. The van der Waals surface area contributed by atoms with Crippen LogP contribution in [0, 0.1) is 0 Å². The Labute approximate surface area is 136 Å². The van der Waals surface area contributed by atoms with Crippen LogP contribution >= 0.6 is 0 Å². The van der Waals surface area contributed by atoms with Crippen molar-refractivity contribution in [1.29, 1.82) is 0 Å². The van der Waals surface area contributed by atoms with Crippen LogP contribution in [0.5, 0.6) is 0 Å². The molecule has 0 fully saturated rings. The van der Waals surface area contributed by atoms with Crippen molar-refractivity contribution in [3.05, 3.63) is 70.3 Å². The van der Waals surface area contributed by atoms with Gasteiger partial charge >= 0.3 is 5.97 Å². The molecule has 0 saturated heterocycles. The van der Waals surface area contributed by atoms with Gasteiger partial charge in [-0.15, -0.1) is 0 Å². The summed E-state index contributed by atoms with van der Waals surface area (Å²) in [6.45, 7) is 0. The van der Waals surface area contributed by atoms with Crippen molar-refractivity contribution in [2.24, 2.45) is 0 Å². The summed E-state index contributed by atoms with van der Waals surface area (Å²) in [4.78, 5) is 35.4. The minimum Gasteiger partial charge on any atom is -0.478 e. The first kappa shape index (κ1) is 14.7. The Morgan fingerprint density at radius 1 is 0.800 bits per heavy atom. The largest absolute Gasteiger partial charge is 0.478 e. The molecule has 5 heteroatoms. The van der Waals surface area contributed by atoms with Crippen molar-refractivity contribution >= 4 is 47.1 Å². The van der Waals surface area contributed by atoms with Gasteiger partial charge in [0.25, 0.3) is 0 Å². The standard InChI is InChI=1S/C15H8O4.Na/c16-13-9-3-1-2-4-10(9)14(17)12-7-8(15(18)19)5-6-11(12)13;/h1-7H,(H,18,19);. The van der Waals surface area contributed by atoms with Crippen LogP contribution in [0.1, 0.15) is 42.2 Å². The van der Waals surface area contributed by atoms with Crippen LogP contribution in [0.3, 0.4) is 0 Å². The predicted molar refractivity (Wildman–Crippen MR) is 72.5 cm³/mol. The number of carbonyl (C=O) groups is 3. The molecule has 2 aromatic carbocycles. The number of aromatic carboxylic acids is 1. The summed E-state index contributed by atoms with van der Waals surface area (Å²) in [5.41, 5.74) is 1.10. The van der Waals surface area contributed by atoms with Gasteiger partial charge in [0, 0.05) is 51.8 Å². The van der Waals surface area contributed by atoms with Gasteiger partial charge < -0.3 is 5.11 Å². The quantitative estimate of drug-likeness (QED) is 0.687. The van der Waals surface area contributed by atoms with E-state index in [1.807, 2.05) is 0 Å². The molecule has 0 heterocycles. The maximum Gasteiger partial charge on any atom is 0.335 e. The van der Waals surface area contributed by atoms with Crippen molar-refractivity contribution in [3.63, 3.8) is 0 Å². The van der Waals surface area contributed by atoms with Crippen LogP contribution in [0.2, 0.25) is 0 Å². The third-order valence-electron chi connectivity index (χ3n) is 3.17. The molecule has 0 aliphatic heterocycles. The normalized spacial score (nSPS) is 12.2. The smallest absolute Gasteiger partial charge is 0.335 e. The van der Waals surface area contributed by atoms with Gasteiger partial charge in [-0.2, -0.15) is 0 Å². The van der Waals surface area contributed by atoms with E-state index in [-0.39, 0.29) is 57.8 Å². The first-order chi connectivity index (χ1) is 9.09. The third-order valence-corrected chi connectivity index (χ3v) is 3.17. The number of hydrogen-bond acceptors (Lipinski definition) is 3. The van der Waals surface area contributed by atoms with Crippen molar-refractivity contribution in [3.8, 4) is 0 Å². The fraction of sp³-hybridized carbons (Fsp3) is 0. The van der Waals surface area contributed by atoms with Crippen LogP contribution in [0.25, 0.3) is 0 Å². The molecular formula is C15H8NaO4. The topological polar surface area (TPSA) is 71.4 Å². The molecule has 3 rings (SSSR count). The molecule has 2 aromatic rings. The summed E-state index contributed by atoms with van der Waals surface area (Å²) < 4.78 is 0. The fourth-order valence-electron chi connectivity index (χ4n) is 2.23. The van der Waals surface area contributed by atoms with Gasteiger partial charge in [0.15, 0.2) is 11.6 Å². The zero-order valence-corrected chi connectivity index (χ0v) is 12.7. The van der Waals surface area contributed by atoms with E-state index >= 15 is 0 Å². The number of fused-ring (bicyclic) bond motifs is 2. The number of carboxylic acid groups (broad SMARTS) is 1. The van der Waals surface area contributed by atoms with E-state index in [1.165, 1.54) is 18.2 Å². The summed E-state index contributed by atoms with van der Waals surface area (Å²) in [7, 11) is 0. The molecule has 4 nitrogen and oxygen atoms in total.